The van der Waals surface area contributed by atoms with Gasteiger partial charge in [0.15, 0.2) is 5.78 Å². The fourth-order valence-electron chi connectivity index (χ4n) is 2.74. The minimum Gasteiger partial charge on any atom is -0.367 e. The molecule has 0 spiro atoms. The Balaban J connectivity index is 1.83. The zero-order valence-electron chi connectivity index (χ0n) is 11.7. The molecule has 3 nitrogen and oxygen atoms in total. The van der Waals surface area contributed by atoms with E-state index in [1.807, 2.05) is 23.6 Å². The molecule has 4 heteroatoms. The zero-order chi connectivity index (χ0) is 13.9. The van der Waals surface area contributed by atoms with Gasteiger partial charge in [0.2, 0.25) is 0 Å². The highest BCUT2D eigenvalue weighted by atomic mass is 32.1. The number of carbonyl (C=O) groups is 1. The Morgan fingerprint density at radius 1 is 1.45 bits per heavy atom. The number of thiophene rings is 1. The minimum absolute atomic E-state index is 0.124. The molecule has 3 rings (SSSR count). The Labute approximate surface area is 123 Å². The van der Waals surface area contributed by atoms with Crippen molar-refractivity contribution in [3.05, 3.63) is 35.2 Å². The van der Waals surface area contributed by atoms with E-state index in [-0.39, 0.29) is 11.9 Å². The molecule has 1 saturated heterocycles. The third-order valence-electron chi connectivity index (χ3n) is 3.73. The number of ether oxygens (including phenoxy) is 1. The predicted molar refractivity (Wildman–Crippen MR) is 82.6 cm³/mol. The second-order valence-corrected chi connectivity index (χ2v) is 6.08. The van der Waals surface area contributed by atoms with Crippen molar-refractivity contribution in [3.8, 4) is 0 Å². The van der Waals surface area contributed by atoms with Crippen LogP contribution in [-0.4, -0.2) is 43.0 Å². The van der Waals surface area contributed by atoms with Crippen LogP contribution in [0.5, 0.6) is 0 Å². The number of hydrogen-bond donors (Lipinski definition) is 0. The number of hydrogen-bond acceptors (Lipinski definition) is 4. The Hall–Kier alpha value is -1.23. The van der Waals surface area contributed by atoms with Gasteiger partial charge in [-0.15, -0.1) is 11.3 Å². The number of Topliss-reactive ketones (excluding diaryl/α,β-unsaturated/α-hetero) is 1. The Kier molecular flexibility index (Phi) is 4.15. The van der Waals surface area contributed by atoms with E-state index in [1.54, 1.807) is 11.3 Å². The van der Waals surface area contributed by atoms with Crippen molar-refractivity contribution >= 4 is 27.2 Å². The van der Waals surface area contributed by atoms with Gasteiger partial charge < -0.3 is 4.74 Å². The van der Waals surface area contributed by atoms with E-state index in [0.29, 0.717) is 13.2 Å². The molecular formula is C16H19NO2S. The number of fused-ring (bicyclic) bond motifs is 1. The summed E-state index contributed by atoms with van der Waals surface area (Å²) in [7, 11) is 0. The van der Waals surface area contributed by atoms with Crippen molar-refractivity contribution in [2.45, 2.75) is 19.4 Å². The van der Waals surface area contributed by atoms with Crippen molar-refractivity contribution in [2.24, 2.45) is 0 Å². The fraction of sp³-hybridized carbons (Fsp3) is 0.438. The molecule has 1 atom stereocenters. The van der Waals surface area contributed by atoms with Crippen LogP contribution >= 0.6 is 11.3 Å². The largest absolute Gasteiger partial charge is 0.367 e. The highest BCUT2D eigenvalue weighted by Crippen LogP contribution is 2.26. The molecule has 0 amide bonds. The molecular weight excluding hydrogens is 270 g/mol. The third kappa shape index (κ3) is 2.64. The molecule has 0 saturated carbocycles. The highest BCUT2D eigenvalue weighted by Gasteiger charge is 2.28. The van der Waals surface area contributed by atoms with Gasteiger partial charge in [0, 0.05) is 23.4 Å². The first-order chi connectivity index (χ1) is 9.79. The second kappa shape index (κ2) is 6.04. The predicted octanol–water partition coefficient (Wildman–Crippen LogP) is 3.19. The molecule has 0 N–H and O–H groups in total. The molecule has 0 aliphatic carbocycles. The van der Waals surface area contributed by atoms with Crippen LogP contribution in [0.4, 0.5) is 0 Å². The van der Waals surface area contributed by atoms with Crippen LogP contribution in [-0.2, 0) is 4.74 Å². The lowest BCUT2D eigenvalue weighted by Crippen LogP contribution is -2.46. The quantitative estimate of drug-likeness (QED) is 0.810. The number of morpholine rings is 1. The average Bonchev–Trinajstić information content (AvgIpc) is 2.95. The van der Waals surface area contributed by atoms with E-state index in [4.69, 9.17) is 4.74 Å². The van der Waals surface area contributed by atoms with Crippen LogP contribution in [0, 0.1) is 0 Å². The van der Waals surface area contributed by atoms with Gasteiger partial charge >= 0.3 is 0 Å². The Morgan fingerprint density at radius 3 is 3.20 bits per heavy atom. The maximum Gasteiger partial charge on any atom is 0.194 e. The summed E-state index contributed by atoms with van der Waals surface area (Å²) < 4.78 is 6.79. The second-order valence-electron chi connectivity index (χ2n) is 5.17. The Morgan fingerprint density at radius 2 is 2.35 bits per heavy atom. The fourth-order valence-corrected chi connectivity index (χ4v) is 3.66. The first-order valence-corrected chi connectivity index (χ1v) is 8.02. The van der Waals surface area contributed by atoms with Crippen LogP contribution in [0.2, 0.25) is 0 Å². The first kappa shape index (κ1) is 13.7. The number of ketones is 1. The SMILES string of the molecule is CCCN1CCOC(C(=O)c2cccc3ccsc23)C1. The van der Waals surface area contributed by atoms with Crippen LogP contribution in [0.3, 0.4) is 0 Å². The molecule has 2 aromatic rings. The smallest absolute Gasteiger partial charge is 0.194 e. The maximum atomic E-state index is 12.7. The van der Waals surface area contributed by atoms with E-state index in [1.165, 1.54) is 0 Å². The van der Waals surface area contributed by atoms with Gasteiger partial charge in [-0.25, -0.2) is 0 Å². The summed E-state index contributed by atoms with van der Waals surface area (Å²) in [6.07, 6.45) is 0.796. The van der Waals surface area contributed by atoms with E-state index in [0.717, 1.165) is 35.2 Å². The standard InChI is InChI=1S/C16H19NO2S/c1-2-7-17-8-9-19-14(11-17)15(18)13-5-3-4-12-6-10-20-16(12)13/h3-6,10,14H,2,7-9,11H2,1H3. The summed E-state index contributed by atoms with van der Waals surface area (Å²) in [4.78, 5) is 15.0. The summed E-state index contributed by atoms with van der Waals surface area (Å²) >= 11 is 1.63. The summed E-state index contributed by atoms with van der Waals surface area (Å²) in [6, 6.07) is 7.98. The van der Waals surface area contributed by atoms with E-state index >= 15 is 0 Å². The number of benzene rings is 1. The summed E-state index contributed by atoms with van der Waals surface area (Å²) in [5.74, 6) is 0.124. The third-order valence-corrected chi connectivity index (χ3v) is 4.69. The van der Waals surface area contributed by atoms with Gasteiger partial charge in [-0.05, 0) is 35.9 Å². The lowest BCUT2D eigenvalue weighted by molar-refractivity contribution is -0.0162. The van der Waals surface area contributed by atoms with Crippen molar-refractivity contribution in [1.29, 1.82) is 0 Å². The van der Waals surface area contributed by atoms with Gasteiger partial charge in [0.25, 0.3) is 0 Å². The van der Waals surface area contributed by atoms with Gasteiger partial charge in [0.05, 0.1) is 6.61 Å². The topological polar surface area (TPSA) is 29.5 Å². The number of nitrogens with zero attached hydrogens (tertiary/aromatic N) is 1. The van der Waals surface area contributed by atoms with Gasteiger partial charge in [0.1, 0.15) is 6.10 Å². The monoisotopic (exact) mass is 289 g/mol. The van der Waals surface area contributed by atoms with Crippen LogP contribution in [0.25, 0.3) is 10.1 Å². The molecule has 20 heavy (non-hydrogen) atoms. The lowest BCUT2D eigenvalue weighted by Gasteiger charge is -2.31. The zero-order valence-corrected chi connectivity index (χ0v) is 12.5. The molecule has 106 valence electrons. The van der Waals surface area contributed by atoms with E-state index in [2.05, 4.69) is 17.9 Å². The molecule has 1 aliphatic rings. The van der Waals surface area contributed by atoms with Crippen molar-refractivity contribution < 1.29 is 9.53 Å². The molecule has 1 fully saturated rings. The lowest BCUT2D eigenvalue weighted by atomic mass is 10.0. The molecule has 0 radical (unpaired) electrons. The maximum absolute atomic E-state index is 12.7. The minimum atomic E-state index is -0.317. The van der Waals surface area contributed by atoms with E-state index in [9.17, 15) is 4.79 Å². The summed E-state index contributed by atoms with van der Waals surface area (Å²) in [5.41, 5.74) is 0.806. The summed E-state index contributed by atoms with van der Waals surface area (Å²) in [6.45, 7) is 5.50. The molecule has 2 heterocycles. The molecule has 1 aliphatic heterocycles. The van der Waals surface area contributed by atoms with Gasteiger partial charge in [-0.1, -0.05) is 19.1 Å². The Bertz CT molecular complexity index is 605. The molecule has 0 bridgehead atoms. The number of carbonyl (C=O) groups excluding carboxylic acids is 1. The summed E-state index contributed by atoms with van der Waals surface area (Å²) in [5, 5.41) is 3.18. The number of rotatable bonds is 4. The van der Waals surface area contributed by atoms with Crippen molar-refractivity contribution in [2.75, 3.05) is 26.2 Å². The highest BCUT2D eigenvalue weighted by molar-refractivity contribution is 7.17. The molecule has 1 unspecified atom stereocenters. The molecule has 1 aromatic carbocycles. The van der Waals surface area contributed by atoms with Gasteiger partial charge in [-0.3, -0.25) is 9.69 Å². The van der Waals surface area contributed by atoms with E-state index < -0.39 is 0 Å². The van der Waals surface area contributed by atoms with Crippen molar-refractivity contribution in [3.63, 3.8) is 0 Å². The first-order valence-electron chi connectivity index (χ1n) is 7.14. The average molecular weight is 289 g/mol. The van der Waals surface area contributed by atoms with Gasteiger partial charge in [-0.2, -0.15) is 0 Å². The van der Waals surface area contributed by atoms with Crippen LogP contribution in [0.1, 0.15) is 23.7 Å². The normalized spacial score (nSPS) is 20.4. The molecule has 1 aromatic heterocycles. The van der Waals surface area contributed by atoms with Crippen LogP contribution in [0.15, 0.2) is 29.6 Å². The van der Waals surface area contributed by atoms with Crippen LogP contribution < -0.4 is 0 Å². The van der Waals surface area contributed by atoms with Crippen molar-refractivity contribution in [1.82, 2.24) is 4.90 Å².